The second-order valence-corrected chi connectivity index (χ2v) is 4.90. The second-order valence-electron chi connectivity index (χ2n) is 4.47. The number of halogens is 1. The van der Waals surface area contributed by atoms with Crippen LogP contribution in [0.1, 0.15) is 19.4 Å². The summed E-state index contributed by atoms with van der Waals surface area (Å²) in [6, 6.07) is 10.5. The van der Waals surface area contributed by atoms with E-state index in [2.05, 4.69) is 29.0 Å². The molecule has 0 aliphatic heterocycles. The molecule has 0 bridgehead atoms. The van der Waals surface area contributed by atoms with Crippen molar-refractivity contribution < 1.29 is 0 Å². The molecule has 0 saturated heterocycles. The molecule has 0 spiro atoms. The molecule has 0 amide bonds. The zero-order valence-corrected chi connectivity index (χ0v) is 9.85. The molecule has 1 aromatic heterocycles. The summed E-state index contributed by atoms with van der Waals surface area (Å²) in [7, 11) is 0. The maximum absolute atomic E-state index is 5.86. The van der Waals surface area contributed by atoms with Gasteiger partial charge in [-0.25, -0.2) is 0 Å². The first-order valence-corrected chi connectivity index (χ1v) is 5.93. The summed E-state index contributed by atoms with van der Waals surface area (Å²) in [5, 5.41) is 5.36. The first-order valence-electron chi connectivity index (χ1n) is 5.55. The fourth-order valence-corrected chi connectivity index (χ4v) is 2.09. The molecule has 0 N–H and O–H groups in total. The van der Waals surface area contributed by atoms with Crippen LogP contribution in [0.15, 0.2) is 36.5 Å². The van der Waals surface area contributed by atoms with Crippen LogP contribution in [-0.2, 0) is 0 Å². The molecule has 1 fully saturated rings. The maximum atomic E-state index is 5.86. The van der Waals surface area contributed by atoms with Crippen molar-refractivity contribution in [1.82, 2.24) is 9.78 Å². The van der Waals surface area contributed by atoms with Gasteiger partial charge >= 0.3 is 0 Å². The van der Waals surface area contributed by atoms with Gasteiger partial charge in [0.1, 0.15) is 0 Å². The largest absolute Gasteiger partial charge is 0.269 e. The first-order chi connectivity index (χ1) is 7.74. The molecule has 3 rings (SSSR count). The minimum absolute atomic E-state index is 0.612. The number of hydrogen-bond acceptors (Lipinski definition) is 1. The number of benzene rings is 1. The van der Waals surface area contributed by atoms with Gasteiger partial charge in [-0.1, -0.05) is 30.7 Å². The van der Waals surface area contributed by atoms with Gasteiger partial charge in [0.15, 0.2) is 0 Å². The van der Waals surface area contributed by atoms with Gasteiger partial charge < -0.3 is 0 Å². The lowest BCUT2D eigenvalue weighted by Crippen LogP contribution is -1.95. The van der Waals surface area contributed by atoms with Gasteiger partial charge in [0.2, 0.25) is 0 Å². The van der Waals surface area contributed by atoms with Crippen molar-refractivity contribution in [1.29, 1.82) is 0 Å². The van der Waals surface area contributed by atoms with E-state index in [4.69, 9.17) is 11.6 Å². The van der Waals surface area contributed by atoms with Gasteiger partial charge in [0, 0.05) is 16.8 Å². The summed E-state index contributed by atoms with van der Waals surface area (Å²) in [5.74, 6) is 0.776. The van der Waals surface area contributed by atoms with E-state index in [1.54, 1.807) is 0 Å². The topological polar surface area (TPSA) is 17.8 Å². The van der Waals surface area contributed by atoms with Crippen molar-refractivity contribution in [3.05, 3.63) is 41.6 Å². The van der Waals surface area contributed by atoms with Crippen molar-refractivity contribution >= 4 is 11.6 Å². The fraction of sp³-hybridized carbons (Fsp3) is 0.308. The Morgan fingerprint density at radius 2 is 1.94 bits per heavy atom. The normalized spacial score (nSPS) is 23.4. The minimum atomic E-state index is 0.612. The molecular weight excluding hydrogens is 220 g/mol. The highest BCUT2D eigenvalue weighted by Gasteiger charge is 2.34. The first kappa shape index (κ1) is 9.91. The molecule has 1 saturated carbocycles. The Morgan fingerprint density at radius 1 is 1.25 bits per heavy atom. The van der Waals surface area contributed by atoms with E-state index < -0.39 is 0 Å². The minimum Gasteiger partial charge on any atom is -0.269 e. The lowest BCUT2D eigenvalue weighted by Gasteiger charge is -1.98. The summed E-state index contributed by atoms with van der Waals surface area (Å²) in [5.41, 5.74) is 2.15. The van der Waals surface area contributed by atoms with Crippen molar-refractivity contribution in [2.75, 3.05) is 0 Å². The highest BCUT2D eigenvalue weighted by Crippen LogP contribution is 2.42. The number of nitrogens with zero attached hydrogens (tertiary/aromatic N) is 2. The SMILES string of the molecule is CC1CC1n1ccc(-c2ccc(Cl)cc2)n1. The summed E-state index contributed by atoms with van der Waals surface area (Å²) in [6.07, 6.45) is 3.32. The Kier molecular flexibility index (Phi) is 2.25. The number of aromatic nitrogens is 2. The Bertz CT molecular complexity index is 501. The van der Waals surface area contributed by atoms with Gasteiger partial charge in [-0.05, 0) is 30.5 Å². The molecule has 0 radical (unpaired) electrons. The van der Waals surface area contributed by atoms with Crippen molar-refractivity contribution in [2.45, 2.75) is 19.4 Å². The predicted molar refractivity (Wildman–Crippen MR) is 65.5 cm³/mol. The van der Waals surface area contributed by atoms with Crippen LogP contribution in [0.5, 0.6) is 0 Å². The molecule has 2 nitrogen and oxygen atoms in total. The lowest BCUT2D eigenvalue weighted by molar-refractivity contribution is 0.606. The smallest absolute Gasteiger partial charge is 0.0923 e. The molecule has 82 valence electrons. The molecule has 1 aliphatic carbocycles. The van der Waals surface area contributed by atoms with E-state index in [9.17, 15) is 0 Å². The maximum Gasteiger partial charge on any atom is 0.0923 e. The highest BCUT2D eigenvalue weighted by atomic mass is 35.5. The van der Waals surface area contributed by atoms with Crippen molar-refractivity contribution in [3.63, 3.8) is 0 Å². The molecule has 1 aromatic carbocycles. The molecule has 2 atom stereocenters. The van der Waals surface area contributed by atoms with Crippen LogP contribution in [-0.4, -0.2) is 9.78 Å². The number of rotatable bonds is 2. The van der Waals surface area contributed by atoms with Crippen LogP contribution in [0.4, 0.5) is 0 Å². The van der Waals surface area contributed by atoms with E-state index in [0.717, 1.165) is 22.2 Å². The predicted octanol–water partition coefficient (Wildman–Crippen LogP) is 3.78. The molecular formula is C13H13ClN2. The van der Waals surface area contributed by atoms with Crippen LogP contribution in [0.3, 0.4) is 0 Å². The van der Waals surface area contributed by atoms with Crippen molar-refractivity contribution in [3.8, 4) is 11.3 Å². The van der Waals surface area contributed by atoms with Crippen LogP contribution in [0.2, 0.25) is 5.02 Å². The molecule has 1 heterocycles. The summed E-state index contributed by atoms with van der Waals surface area (Å²) in [6.45, 7) is 2.26. The Balaban J connectivity index is 1.89. The van der Waals surface area contributed by atoms with Gasteiger partial charge in [-0.2, -0.15) is 5.10 Å². The van der Waals surface area contributed by atoms with Crippen LogP contribution < -0.4 is 0 Å². The Hall–Kier alpha value is -1.28. The lowest BCUT2D eigenvalue weighted by atomic mass is 10.2. The fourth-order valence-electron chi connectivity index (χ4n) is 1.97. The van der Waals surface area contributed by atoms with E-state index >= 15 is 0 Å². The highest BCUT2D eigenvalue weighted by molar-refractivity contribution is 6.30. The average molecular weight is 233 g/mol. The van der Waals surface area contributed by atoms with E-state index in [-0.39, 0.29) is 0 Å². The van der Waals surface area contributed by atoms with E-state index in [1.165, 1.54) is 6.42 Å². The van der Waals surface area contributed by atoms with Crippen LogP contribution >= 0.6 is 11.6 Å². The monoisotopic (exact) mass is 232 g/mol. The standard InChI is InChI=1S/C13H13ClN2/c1-9-8-13(9)16-7-6-12(15-16)10-2-4-11(14)5-3-10/h2-7,9,13H,8H2,1H3. The van der Waals surface area contributed by atoms with Gasteiger partial charge in [-0.3, -0.25) is 4.68 Å². The summed E-state index contributed by atoms with van der Waals surface area (Å²) < 4.78 is 2.08. The van der Waals surface area contributed by atoms with Gasteiger partial charge in [0.25, 0.3) is 0 Å². The van der Waals surface area contributed by atoms with Gasteiger partial charge in [-0.15, -0.1) is 0 Å². The number of hydrogen-bond donors (Lipinski definition) is 0. The summed E-state index contributed by atoms with van der Waals surface area (Å²) >= 11 is 5.86. The average Bonchev–Trinajstić information content (AvgIpc) is 2.82. The van der Waals surface area contributed by atoms with Gasteiger partial charge in [0.05, 0.1) is 11.7 Å². The Morgan fingerprint density at radius 3 is 2.56 bits per heavy atom. The Labute approximate surface area is 99.9 Å². The molecule has 1 aliphatic rings. The second kappa shape index (κ2) is 3.63. The molecule has 3 heteroatoms. The third-order valence-electron chi connectivity index (χ3n) is 3.16. The summed E-state index contributed by atoms with van der Waals surface area (Å²) in [4.78, 5) is 0. The molecule has 16 heavy (non-hydrogen) atoms. The van der Waals surface area contributed by atoms with E-state index in [1.807, 2.05) is 24.3 Å². The van der Waals surface area contributed by atoms with Crippen LogP contribution in [0, 0.1) is 5.92 Å². The van der Waals surface area contributed by atoms with Crippen LogP contribution in [0.25, 0.3) is 11.3 Å². The van der Waals surface area contributed by atoms with Crippen molar-refractivity contribution in [2.24, 2.45) is 5.92 Å². The molecule has 2 aromatic rings. The zero-order chi connectivity index (χ0) is 11.1. The quantitative estimate of drug-likeness (QED) is 0.771. The third kappa shape index (κ3) is 1.74. The molecule has 2 unspecified atom stereocenters. The zero-order valence-electron chi connectivity index (χ0n) is 9.10. The third-order valence-corrected chi connectivity index (χ3v) is 3.41. The van der Waals surface area contributed by atoms with E-state index in [0.29, 0.717) is 6.04 Å².